The molecule has 2 atom stereocenters. The summed E-state index contributed by atoms with van der Waals surface area (Å²) in [5, 5.41) is 2.51. The monoisotopic (exact) mass is 541 g/mol. The van der Waals surface area contributed by atoms with Crippen molar-refractivity contribution in [2.24, 2.45) is 9.36 Å². The van der Waals surface area contributed by atoms with Gasteiger partial charge in [-0.1, -0.05) is 0 Å². The number of rotatable bonds is 2. The molecule has 0 bridgehead atoms. The van der Waals surface area contributed by atoms with Gasteiger partial charge in [0, 0.05) is 16.2 Å². The Bertz CT molecular complexity index is 966. The summed E-state index contributed by atoms with van der Waals surface area (Å²) in [5.74, 6) is -1.03. The number of carbonyl (C=O) groups excluding carboxylic acids is 1. The van der Waals surface area contributed by atoms with Gasteiger partial charge in [-0.15, -0.1) is 0 Å². The lowest BCUT2D eigenvalue weighted by Crippen LogP contribution is -2.59. The molecule has 29 heavy (non-hydrogen) atoms. The van der Waals surface area contributed by atoms with Gasteiger partial charge in [-0.2, -0.15) is 0 Å². The molecule has 0 saturated carbocycles. The maximum absolute atomic E-state index is 14.7. The number of carbonyl (C=O) groups is 1. The van der Waals surface area contributed by atoms with E-state index in [0.29, 0.717) is 3.57 Å². The van der Waals surface area contributed by atoms with Crippen LogP contribution < -0.4 is 5.32 Å². The van der Waals surface area contributed by atoms with Crippen LogP contribution in [0.4, 0.5) is 13.6 Å². The van der Waals surface area contributed by atoms with E-state index >= 15 is 0 Å². The number of nitrogens with one attached hydrogen (secondary N) is 1. The molecule has 0 aliphatic carbocycles. The van der Waals surface area contributed by atoms with Crippen LogP contribution in [-0.4, -0.2) is 46.0 Å². The number of hydrogen-bond donors (Lipinski definition) is 1. The first-order valence-corrected chi connectivity index (χ1v) is 11.7. The molecule has 0 spiro atoms. The topological polar surface area (TPSA) is 80.1 Å². The van der Waals surface area contributed by atoms with Gasteiger partial charge in [-0.25, -0.2) is 22.1 Å². The molecule has 10 heteroatoms. The lowest BCUT2D eigenvalue weighted by atomic mass is 9.92. The third-order valence-electron chi connectivity index (χ3n) is 4.69. The lowest BCUT2D eigenvalue weighted by molar-refractivity contribution is 0.0560. The zero-order chi connectivity index (χ0) is 22.3. The van der Waals surface area contributed by atoms with Crippen LogP contribution in [0, 0.1) is 9.39 Å². The van der Waals surface area contributed by atoms with Crippen LogP contribution in [0.5, 0.6) is 0 Å². The number of alkyl carbamates (subject to hydrolysis) is 1. The van der Waals surface area contributed by atoms with Crippen molar-refractivity contribution in [3.05, 3.63) is 33.1 Å². The predicted molar refractivity (Wildman–Crippen MR) is 119 cm³/mol. The molecule has 2 rings (SSSR count). The van der Waals surface area contributed by atoms with Crippen LogP contribution in [0.2, 0.25) is 0 Å². The van der Waals surface area contributed by atoms with Gasteiger partial charge in [-0.3, -0.25) is 10.3 Å². The van der Waals surface area contributed by atoms with Crippen molar-refractivity contribution in [2.45, 2.75) is 50.5 Å². The molecule has 1 aliphatic rings. The summed E-state index contributed by atoms with van der Waals surface area (Å²) in [4.78, 5) is 16.8. The Hall–Kier alpha value is -1.30. The Balaban J connectivity index is 2.71. The fraction of sp³-hybridized carbons (Fsp3) is 0.579. The van der Waals surface area contributed by atoms with Crippen molar-refractivity contribution in [3.8, 4) is 0 Å². The highest BCUT2D eigenvalue weighted by atomic mass is 127. The minimum absolute atomic E-state index is 0.0257. The van der Waals surface area contributed by atoms with Crippen molar-refractivity contribution in [1.29, 1.82) is 0 Å². The second-order valence-corrected chi connectivity index (χ2v) is 12.6. The van der Waals surface area contributed by atoms with E-state index in [4.69, 9.17) is 4.74 Å². The SMILES string of the molecule is CN=[S@]1(=O)C[C@@](CF)(c2cc(I)ccc2F)N=C(NC(=O)OC(C)(C)C)C1(C)C. The summed E-state index contributed by atoms with van der Waals surface area (Å²) >= 11 is 1.98. The number of nitrogens with zero attached hydrogens (tertiary/aromatic N) is 2. The van der Waals surface area contributed by atoms with Crippen LogP contribution in [0.15, 0.2) is 27.6 Å². The van der Waals surface area contributed by atoms with Gasteiger partial charge in [0.1, 0.15) is 34.2 Å². The number of ether oxygens (including phenoxy) is 1. The van der Waals surface area contributed by atoms with E-state index in [0.717, 1.165) is 0 Å². The van der Waals surface area contributed by atoms with E-state index < -0.39 is 44.2 Å². The Labute approximate surface area is 184 Å². The summed E-state index contributed by atoms with van der Waals surface area (Å²) in [6.07, 6.45) is -0.819. The zero-order valence-corrected chi connectivity index (χ0v) is 20.3. The van der Waals surface area contributed by atoms with E-state index in [1.165, 1.54) is 19.2 Å². The predicted octanol–water partition coefficient (Wildman–Crippen LogP) is 4.41. The van der Waals surface area contributed by atoms with Crippen LogP contribution in [-0.2, 0) is 20.0 Å². The molecule has 1 N–H and O–H groups in total. The van der Waals surface area contributed by atoms with E-state index in [9.17, 15) is 17.8 Å². The zero-order valence-electron chi connectivity index (χ0n) is 17.3. The van der Waals surface area contributed by atoms with Gasteiger partial charge in [0.05, 0.1) is 15.5 Å². The number of benzene rings is 1. The summed E-state index contributed by atoms with van der Waals surface area (Å²) in [6, 6.07) is 4.23. The average Bonchev–Trinajstić information content (AvgIpc) is 2.59. The number of hydrogen-bond acceptors (Lipinski definition) is 5. The quantitative estimate of drug-likeness (QED) is 0.564. The summed E-state index contributed by atoms with van der Waals surface area (Å²) < 4.78 is 51.6. The molecule has 0 saturated heterocycles. The van der Waals surface area contributed by atoms with Crippen molar-refractivity contribution in [2.75, 3.05) is 19.5 Å². The van der Waals surface area contributed by atoms with Gasteiger partial charge >= 0.3 is 6.09 Å². The third-order valence-corrected chi connectivity index (χ3v) is 8.61. The maximum atomic E-state index is 14.7. The number of amides is 1. The van der Waals surface area contributed by atoms with Crippen molar-refractivity contribution >= 4 is 44.2 Å². The molecule has 1 aromatic rings. The first-order valence-electron chi connectivity index (χ1n) is 8.94. The second kappa shape index (κ2) is 8.09. The molecule has 1 heterocycles. The molecule has 162 valence electrons. The van der Waals surface area contributed by atoms with Gasteiger partial charge in [0.2, 0.25) is 0 Å². The number of aliphatic imine (C=N–C) groups is 1. The summed E-state index contributed by atoms with van der Waals surface area (Å²) in [6.45, 7) is 7.18. The normalized spacial score (nSPS) is 26.4. The molecule has 1 aromatic carbocycles. The fourth-order valence-corrected chi connectivity index (χ4v) is 5.82. The molecule has 1 amide bonds. The van der Waals surface area contributed by atoms with E-state index in [-0.39, 0.29) is 17.2 Å². The third kappa shape index (κ3) is 4.73. The van der Waals surface area contributed by atoms with Crippen LogP contribution in [0.25, 0.3) is 0 Å². The lowest BCUT2D eigenvalue weighted by Gasteiger charge is -2.42. The first-order chi connectivity index (χ1) is 13.2. The van der Waals surface area contributed by atoms with Crippen LogP contribution >= 0.6 is 22.6 Å². The smallest absolute Gasteiger partial charge is 0.413 e. The molecule has 6 nitrogen and oxygen atoms in total. The number of alkyl halides is 1. The van der Waals surface area contributed by atoms with Gasteiger partial charge in [0.15, 0.2) is 0 Å². The molecule has 0 aromatic heterocycles. The minimum Gasteiger partial charge on any atom is -0.444 e. The highest BCUT2D eigenvalue weighted by molar-refractivity contribution is 14.1. The van der Waals surface area contributed by atoms with Crippen molar-refractivity contribution in [1.82, 2.24) is 5.32 Å². The van der Waals surface area contributed by atoms with Crippen LogP contribution in [0.3, 0.4) is 0 Å². The Morgan fingerprint density at radius 1 is 1.41 bits per heavy atom. The largest absolute Gasteiger partial charge is 0.444 e. The van der Waals surface area contributed by atoms with E-state index in [2.05, 4.69) is 14.7 Å². The first kappa shape index (κ1) is 24.0. The molecule has 0 unspecified atom stereocenters. The highest BCUT2D eigenvalue weighted by Crippen LogP contribution is 2.40. The standard InChI is InChI=1S/C19H26F2IN3O3S/c1-17(2,3)28-16(26)24-15-18(4,5)29(27,23-6)11-19(10-20,25-15)13-9-12(22)7-8-14(13)21/h7-9H,10-11H2,1-6H3,(H,24,25,26)/t19-,29-/m0/s1. The number of halogens is 3. The average molecular weight is 541 g/mol. The maximum Gasteiger partial charge on any atom is 0.413 e. The molecule has 0 fully saturated rings. The van der Waals surface area contributed by atoms with Gasteiger partial charge in [-0.05, 0) is 75.4 Å². The van der Waals surface area contributed by atoms with E-state index in [1.807, 2.05) is 22.6 Å². The number of amidine groups is 1. The summed E-state index contributed by atoms with van der Waals surface area (Å²) in [5.41, 5.74) is -2.58. The Kier molecular flexibility index (Phi) is 6.68. The Morgan fingerprint density at radius 3 is 2.55 bits per heavy atom. The minimum atomic E-state index is -3.13. The van der Waals surface area contributed by atoms with E-state index in [1.54, 1.807) is 40.7 Å². The van der Waals surface area contributed by atoms with Gasteiger partial charge in [0.25, 0.3) is 0 Å². The molecular weight excluding hydrogens is 515 g/mol. The molecule has 1 aliphatic heterocycles. The highest BCUT2D eigenvalue weighted by Gasteiger charge is 2.51. The summed E-state index contributed by atoms with van der Waals surface area (Å²) in [7, 11) is -1.76. The second-order valence-electron chi connectivity index (χ2n) is 8.35. The molecular formula is C19H26F2IN3O3S. The van der Waals surface area contributed by atoms with Gasteiger partial charge < -0.3 is 4.74 Å². The fourth-order valence-electron chi connectivity index (χ4n) is 3.04. The van der Waals surface area contributed by atoms with Crippen molar-refractivity contribution in [3.63, 3.8) is 0 Å². The van der Waals surface area contributed by atoms with Crippen LogP contribution in [0.1, 0.15) is 40.2 Å². The van der Waals surface area contributed by atoms with Crippen molar-refractivity contribution < 1.29 is 22.5 Å². The Morgan fingerprint density at radius 2 is 2.03 bits per heavy atom. The molecule has 0 radical (unpaired) electrons.